The third kappa shape index (κ3) is 3.69. The normalized spacial score (nSPS) is 17.6. The van der Waals surface area contributed by atoms with Gasteiger partial charge in [0.2, 0.25) is 0 Å². The SMILES string of the molecule is CCOc1ccc(/C(O)=C2\C(=O)C(=O)N(c3cc(C)ccc3O)C2c2cccnc2)cc1. The average Bonchev–Trinajstić information content (AvgIpc) is 3.07. The molecule has 1 saturated heterocycles. The lowest BCUT2D eigenvalue weighted by Gasteiger charge is -2.26. The van der Waals surface area contributed by atoms with Crippen LogP contribution in [0.25, 0.3) is 5.76 Å². The average molecular weight is 430 g/mol. The monoisotopic (exact) mass is 430 g/mol. The molecule has 1 atom stereocenters. The first-order chi connectivity index (χ1) is 15.4. The Morgan fingerprint density at radius 2 is 1.88 bits per heavy atom. The van der Waals surface area contributed by atoms with Crippen molar-refractivity contribution in [1.82, 2.24) is 4.98 Å². The number of phenolic OH excluding ortho intramolecular Hbond substituents is 1. The third-order valence-corrected chi connectivity index (χ3v) is 5.27. The summed E-state index contributed by atoms with van der Waals surface area (Å²) in [5, 5.41) is 21.6. The van der Waals surface area contributed by atoms with E-state index in [-0.39, 0.29) is 22.8 Å². The summed E-state index contributed by atoms with van der Waals surface area (Å²) in [6, 6.07) is 13.8. The zero-order valence-electron chi connectivity index (χ0n) is 17.6. The van der Waals surface area contributed by atoms with E-state index >= 15 is 0 Å². The minimum absolute atomic E-state index is 0.0759. The minimum Gasteiger partial charge on any atom is -0.507 e. The van der Waals surface area contributed by atoms with Crippen molar-refractivity contribution in [1.29, 1.82) is 0 Å². The van der Waals surface area contributed by atoms with E-state index in [9.17, 15) is 19.8 Å². The number of ether oxygens (including phenoxy) is 1. The number of carbonyl (C=O) groups excluding carboxylic acids is 2. The predicted octanol–water partition coefficient (Wildman–Crippen LogP) is 4.12. The number of anilines is 1. The Balaban J connectivity index is 1.91. The Hall–Kier alpha value is -4.13. The van der Waals surface area contributed by atoms with Crippen LogP contribution < -0.4 is 9.64 Å². The van der Waals surface area contributed by atoms with Gasteiger partial charge in [-0.3, -0.25) is 19.5 Å². The van der Waals surface area contributed by atoms with Crippen LogP contribution in [0.1, 0.15) is 29.7 Å². The van der Waals surface area contributed by atoms with Crippen molar-refractivity contribution in [3.63, 3.8) is 0 Å². The van der Waals surface area contributed by atoms with Gasteiger partial charge in [0.05, 0.1) is 23.9 Å². The van der Waals surface area contributed by atoms with Gasteiger partial charge in [-0.2, -0.15) is 0 Å². The first-order valence-electron chi connectivity index (χ1n) is 10.2. The van der Waals surface area contributed by atoms with Crippen molar-refractivity contribution < 1.29 is 24.5 Å². The van der Waals surface area contributed by atoms with Gasteiger partial charge in [-0.25, -0.2) is 0 Å². The maximum absolute atomic E-state index is 13.1. The summed E-state index contributed by atoms with van der Waals surface area (Å²) in [6.07, 6.45) is 3.11. The second-order valence-electron chi connectivity index (χ2n) is 7.41. The van der Waals surface area contributed by atoms with Crippen molar-refractivity contribution >= 4 is 23.1 Å². The van der Waals surface area contributed by atoms with Gasteiger partial charge in [-0.15, -0.1) is 0 Å². The Morgan fingerprint density at radius 3 is 2.53 bits per heavy atom. The molecule has 1 unspecified atom stereocenters. The number of nitrogens with zero attached hydrogens (tertiary/aromatic N) is 2. The summed E-state index contributed by atoms with van der Waals surface area (Å²) in [7, 11) is 0. The highest BCUT2D eigenvalue weighted by atomic mass is 16.5. The van der Waals surface area contributed by atoms with Crippen LogP contribution in [0.5, 0.6) is 11.5 Å². The number of rotatable bonds is 5. The fourth-order valence-electron chi connectivity index (χ4n) is 3.79. The number of aromatic nitrogens is 1. The van der Waals surface area contributed by atoms with Gasteiger partial charge in [-0.1, -0.05) is 12.1 Å². The van der Waals surface area contributed by atoms with E-state index < -0.39 is 17.7 Å². The molecule has 2 N–H and O–H groups in total. The number of Topliss-reactive ketones (excluding diaryl/α,β-unsaturated/α-hetero) is 1. The first-order valence-corrected chi connectivity index (χ1v) is 10.2. The Bertz CT molecular complexity index is 1200. The van der Waals surface area contributed by atoms with E-state index in [0.717, 1.165) is 5.56 Å². The van der Waals surface area contributed by atoms with E-state index in [2.05, 4.69) is 4.98 Å². The van der Waals surface area contributed by atoms with Gasteiger partial charge in [-0.05, 0) is 67.4 Å². The summed E-state index contributed by atoms with van der Waals surface area (Å²) in [5.74, 6) is -1.52. The molecule has 0 saturated carbocycles. The van der Waals surface area contributed by atoms with Gasteiger partial charge in [0.1, 0.15) is 17.3 Å². The lowest BCUT2D eigenvalue weighted by molar-refractivity contribution is -0.132. The lowest BCUT2D eigenvalue weighted by Crippen LogP contribution is -2.29. The number of benzene rings is 2. The van der Waals surface area contributed by atoms with Crippen LogP contribution in [-0.4, -0.2) is 33.5 Å². The van der Waals surface area contributed by atoms with Crippen molar-refractivity contribution in [2.24, 2.45) is 0 Å². The second-order valence-corrected chi connectivity index (χ2v) is 7.41. The molecule has 7 heteroatoms. The first kappa shape index (κ1) is 21.1. The second kappa shape index (κ2) is 8.55. The topological polar surface area (TPSA) is 100.0 Å². The molecule has 1 aliphatic heterocycles. The van der Waals surface area contributed by atoms with E-state index in [1.54, 1.807) is 54.7 Å². The molecule has 1 aliphatic rings. The highest BCUT2D eigenvalue weighted by Gasteiger charge is 2.47. The summed E-state index contributed by atoms with van der Waals surface area (Å²) >= 11 is 0. The quantitative estimate of drug-likeness (QED) is 0.359. The Labute approximate surface area is 185 Å². The Kier molecular flexibility index (Phi) is 5.64. The van der Waals surface area contributed by atoms with Crippen molar-refractivity contribution in [3.8, 4) is 11.5 Å². The molecule has 162 valence electrons. The van der Waals surface area contributed by atoms with Gasteiger partial charge in [0.25, 0.3) is 11.7 Å². The molecule has 1 fully saturated rings. The number of ketones is 1. The molecular formula is C25H22N2O5. The van der Waals surface area contributed by atoms with E-state index in [1.165, 1.54) is 17.2 Å². The van der Waals surface area contributed by atoms with Crippen LogP contribution in [0.15, 0.2) is 72.6 Å². The number of pyridine rings is 1. The molecular weight excluding hydrogens is 408 g/mol. The van der Waals surface area contributed by atoms with Crippen LogP contribution in [0, 0.1) is 6.92 Å². The minimum atomic E-state index is -0.956. The van der Waals surface area contributed by atoms with Crippen LogP contribution >= 0.6 is 0 Å². The molecule has 3 aromatic rings. The smallest absolute Gasteiger partial charge is 0.300 e. The molecule has 1 amide bonds. The molecule has 0 aliphatic carbocycles. The summed E-state index contributed by atoms with van der Waals surface area (Å²) < 4.78 is 5.43. The molecule has 0 bridgehead atoms. The number of hydrogen-bond acceptors (Lipinski definition) is 6. The molecule has 7 nitrogen and oxygen atoms in total. The number of amides is 1. The molecule has 0 radical (unpaired) electrons. The van der Waals surface area contributed by atoms with Gasteiger partial charge >= 0.3 is 0 Å². The number of aryl methyl sites for hydroxylation is 1. The number of aliphatic hydroxyl groups excluding tert-OH is 1. The summed E-state index contributed by atoms with van der Waals surface area (Å²) in [4.78, 5) is 31.6. The molecule has 2 heterocycles. The molecule has 1 aromatic heterocycles. The molecule has 2 aromatic carbocycles. The highest BCUT2D eigenvalue weighted by molar-refractivity contribution is 6.51. The van der Waals surface area contributed by atoms with E-state index in [1.807, 2.05) is 13.8 Å². The van der Waals surface area contributed by atoms with Crippen LogP contribution in [0.4, 0.5) is 5.69 Å². The van der Waals surface area contributed by atoms with Crippen molar-refractivity contribution in [2.45, 2.75) is 19.9 Å². The van der Waals surface area contributed by atoms with Crippen molar-refractivity contribution in [2.75, 3.05) is 11.5 Å². The van der Waals surface area contributed by atoms with Crippen molar-refractivity contribution in [3.05, 3.63) is 89.3 Å². The maximum atomic E-state index is 13.1. The summed E-state index contributed by atoms with van der Waals surface area (Å²) in [5.41, 5.74) is 1.81. The standard InChI is InChI=1S/C25H22N2O5/c1-3-32-18-9-7-16(8-10-18)23(29)21-22(17-5-4-12-26-14-17)27(25(31)24(21)30)19-13-15(2)6-11-20(19)28/h4-14,22,28-29H,3H2,1-2H3/b23-21+. The van der Waals surface area contributed by atoms with Gasteiger partial charge < -0.3 is 14.9 Å². The molecule has 32 heavy (non-hydrogen) atoms. The molecule has 4 rings (SSSR count). The maximum Gasteiger partial charge on any atom is 0.300 e. The summed E-state index contributed by atoms with van der Waals surface area (Å²) in [6.45, 7) is 4.18. The van der Waals surface area contributed by atoms with Gasteiger partial charge in [0.15, 0.2) is 0 Å². The van der Waals surface area contributed by atoms with E-state index in [4.69, 9.17) is 4.74 Å². The zero-order chi connectivity index (χ0) is 22.8. The number of aliphatic hydroxyl groups is 1. The highest BCUT2D eigenvalue weighted by Crippen LogP contribution is 2.44. The number of aromatic hydroxyl groups is 1. The Morgan fingerprint density at radius 1 is 1.12 bits per heavy atom. The van der Waals surface area contributed by atoms with E-state index in [0.29, 0.717) is 23.5 Å². The predicted molar refractivity (Wildman–Crippen MR) is 119 cm³/mol. The van der Waals surface area contributed by atoms with Crippen LogP contribution in [0.3, 0.4) is 0 Å². The fourth-order valence-corrected chi connectivity index (χ4v) is 3.79. The van der Waals surface area contributed by atoms with Crippen LogP contribution in [0.2, 0.25) is 0 Å². The number of carbonyl (C=O) groups is 2. The number of hydrogen-bond donors (Lipinski definition) is 2. The number of phenols is 1. The lowest BCUT2D eigenvalue weighted by atomic mass is 9.96. The fraction of sp³-hybridized carbons (Fsp3) is 0.160. The molecule has 0 spiro atoms. The van der Waals surface area contributed by atoms with Crippen LogP contribution in [-0.2, 0) is 9.59 Å². The third-order valence-electron chi connectivity index (χ3n) is 5.27. The zero-order valence-corrected chi connectivity index (χ0v) is 17.6. The van der Waals surface area contributed by atoms with Gasteiger partial charge in [0, 0.05) is 18.0 Å². The largest absolute Gasteiger partial charge is 0.507 e.